The van der Waals surface area contributed by atoms with Crippen LogP contribution in [0.3, 0.4) is 0 Å². The molecule has 0 saturated carbocycles. The molecule has 0 radical (unpaired) electrons. The average molecular weight is 342 g/mol. The molecule has 0 fully saturated rings. The van der Waals surface area contributed by atoms with Crippen LogP contribution in [0.25, 0.3) is 0 Å². The highest BCUT2D eigenvalue weighted by Crippen LogP contribution is 2.35. The lowest BCUT2D eigenvalue weighted by Crippen LogP contribution is -1.98. The predicted molar refractivity (Wildman–Crippen MR) is 80.4 cm³/mol. The van der Waals surface area contributed by atoms with Crippen LogP contribution in [0.1, 0.15) is 10.4 Å². The highest BCUT2D eigenvalue weighted by atomic mass is 79.9. The van der Waals surface area contributed by atoms with Crippen molar-refractivity contribution in [2.45, 2.75) is 9.79 Å². The summed E-state index contributed by atoms with van der Waals surface area (Å²) in [5.74, 6) is -0.890. The molecule has 0 aliphatic rings. The van der Waals surface area contributed by atoms with Crippen LogP contribution in [-0.2, 0) is 0 Å². The van der Waals surface area contributed by atoms with Crippen LogP contribution < -0.4 is 5.73 Å². The van der Waals surface area contributed by atoms with E-state index in [4.69, 9.17) is 10.8 Å². The minimum atomic E-state index is -0.976. The molecule has 100 valence electrons. The third kappa shape index (κ3) is 3.65. The molecule has 0 bridgehead atoms. The maximum atomic E-state index is 11.1. The van der Waals surface area contributed by atoms with Crippen molar-refractivity contribution in [2.75, 3.05) is 5.73 Å². The lowest BCUT2D eigenvalue weighted by atomic mass is 10.2. The van der Waals surface area contributed by atoms with Crippen molar-refractivity contribution in [3.63, 3.8) is 0 Å². The van der Waals surface area contributed by atoms with Crippen molar-refractivity contribution in [2.24, 2.45) is 0 Å². The molecule has 0 atom stereocenters. The van der Waals surface area contributed by atoms with Gasteiger partial charge in [0.2, 0.25) is 0 Å². The summed E-state index contributed by atoms with van der Waals surface area (Å²) >= 11 is 1.26. The molecule has 19 heavy (non-hydrogen) atoms. The first kappa shape index (κ1) is 15.4. The Balaban J connectivity index is 0.00000180. The summed E-state index contributed by atoms with van der Waals surface area (Å²) in [6.45, 7) is 0. The summed E-state index contributed by atoms with van der Waals surface area (Å²) in [6, 6.07) is 11.3. The normalized spacial score (nSPS) is 9.68. The largest absolute Gasteiger partial charge is 0.508 e. The number of benzene rings is 2. The van der Waals surface area contributed by atoms with Crippen molar-refractivity contribution in [3.8, 4) is 5.75 Å². The first-order chi connectivity index (χ1) is 8.58. The van der Waals surface area contributed by atoms with Gasteiger partial charge in [-0.05, 0) is 24.3 Å². The smallest absolute Gasteiger partial charge is 0.336 e. The highest BCUT2D eigenvalue weighted by molar-refractivity contribution is 8.93. The molecule has 0 unspecified atom stereocenters. The number of nitrogens with two attached hydrogens (primary N) is 1. The number of nitrogen functional groups attached to an aromatic ring is 1. The van der Waals surface area contributed by atoms with Crippen LogP contribution in [0, 0.1) is 0 Å². The molecule has 0 heterocycles. The number of hydrogen-bond acceptors (Lipinski definition) is 4. The van der Waals surface area contributed by atoms with Crippen molar-refractivity contribution in [1.29, 1.82) is 0 Å². The van der Waals surface area contributed by atoms with E-state index in [1.165, 1.54) is 23.9 Å². The molecule has 0 saturated heterocycles. The fourth-order valence-electron chi connectivity index (χ4n) is 1.48. The first-order valence-corrected chi connectivity index (χ1v) is 5.98. The maximum absolute atomic E-state index is 11.1. The van der Waals surface area contributed by atoms with Crippen molar-refractivity contribution < 1.29 is 15.0 Å². The molecule has 2 aromatic carbocycles. The number of carboxylic acids is 1. The zero-order valence-electron chi connectivity index (χ0n) is 9.74. The number of anilines is 1. The Bertz CT molecular complexity index is 604. The van der Waals surface area contributed by atoms with Gasteiger partial charge in [-0.2, -0.15) is 0 Å². The van der Waals surface area contributed by atoms with Gasteiger partial charge in [0, 0.05) is 21.5 Å². The van der Waals surface area contributed by atoms with E-state index in [-0.39, 0.29) is 28.3 Å². The number of phenolic OH excluding ortho intramolecular Hbond substituents is 1. The molecule has 2 aromatic rings. The number of rotatable bonds is 3. The zero-order chi connectivity index (χ0) is 13.1. The van der Waals surface area contributed by atoms with Crippen molar-refractivity contribution in [1.82, 2.24) is 0 Å². The topological polar surface area (TPSA) is 83.5 Å². The standard InChI is InChI=1S/C13H11NO3S.BrH/c14-10-7-8(15)5-6-12(10)18-11-4-2-1-3-9(11)13(16)17;/h1-7,15H,14H2,(H,16,17);1H. The van der Waals surface area contributed by atoms with Gasteiger partial charge in [-0.25, -0.2) is 4.79 Å². The SMILES string of the molecule is Br.Nc1cc(O)ccc1Sc1ccccc1C(=O)O. The maximum Gasteiger partial charge on any atom is 0.336 e. The monoisotopic (exact) mass is 341 g/mol. The lowest BCUT2D eigenvalue weighted by Gasteiger charge is -2.08. The molecule has 6 heteroatoms. The molecule has 4 N–H and O–H groups in total. The number of phenols is 1. The Morgan fingerprint density at radius 3 is 2.42 bits per heavy atom. The van der Waals surface area contributed by atoms with E-state index in [9.17, 15) is 9.90 Å². The molecule has 0 aliphatic carbocycles. The van der Waals surface area contributed by atoms with Crippen LogP contribution in [-0.4, -0.2) is 16.2 Å². The Morgan fingerprint density at radius 1 is 1.11 bits per heavy atom. The first-order valence-electron chi connectivity index (χ1n) is 5.16. The summed E-state index contributed by atoms with van der Waals surface area (Å²) in [6.07, 6.45) is 0. The molecule has 2 rings (SSSR count). The molecule has 0 aromatic heterocycles. The number of halogens is 1. The van der Waals surface area contributed by atoms with Crippen LogP contribution >= 0.6 is 28.7 Å². The van der Waals surface area contributed by atoms with Gasteiger partial charge in [0.1, 0.15) is 5.75 Å². The third-order valence-electron chi connectivity index (χ3n) is 2.33. The molecule has 0 spiro atoms. The van der Waals surface area contributed by atoms with E-state index in [2.05, 4.69) is 0 Å². The van der Waals surface area contributed by atoms with Gasteiger partial charge >= 0.3 is 5.97 Å². The van der Waals surface area contributed by atoms with Gasteiger partial charge in [-0.1, -0.05) is 23.9 Å². The van der Waals surface area contributed by atoms with E-state index >= 15 is 0 Å². The van der Waals surface area contributed by atoms with E-state index in [0.29, 0.717) is 15.5 Å². The number of aromatic hydroxyl groups is 1. The van der Waals surface area contributed by atoms with Crippen LogP contribution in [0.5, 0.6) is 5.75 Å². The summed E-state index contributed by atoms with van der Waals surface area (Å²) in [5, 5.41) is 18.3. The second-order valence-electron chi connectivity index (χ2n) is 3.63. The summed E-state index contributed by atoms with van der Waals surface area (Å²) < 4.78 is 0. The number of carbonyl (C=O) groups is 1. The van der Waals surface area contributed by atoms with Gasteiger partial charge in [0.25, 0.3) is 0 Å². The van der Waals surface area contributed by atoms with Gasteiger partial charge in [0.15, 0.2) is 0 Å². The molecular weight excluding hydrogens is 330 g/mol. The van der Waals surface area contributed by atoms with Gasteiger partial charge in [-0.3, -0.25) is 0 Å². The lowest BCUT2D eigenvalue weighted by molar-refractivity contribution is 0.0693. The molecule has 4 nitrogen and oxygen atoms in total. The Labute approximate surface area is 125 Å². The van der Waals surface area contributed by atoms with Crippen molar-refractivity contribution in [3.05, 3.63) is 48.0 Å². The summed E-state index contributed by atoms with van der Waals surface area (Å²) in [4.78, 5) is 12.4. The highest BCUT2D eigenvalue weighted by Gasteiger charge is 2.11. The number of aromatic carboxylic acids is 1. The van der Waals surface area contributed by atoms with Crippen LogP contribution in [0.2, 0.25) is 0 Å². The molecule has 0 aliphatic heterocycles. The van der Waals surface area contributed by atoms with E-state index in [1.54, 1.807) is 30.3 Å². The minimum absolute atomic E-state index is 0. The minimum Gasteiger partial charge on any atom is -0.508 e. The van der Waals surface area contributed by atoms with E-state index < -0.39 is 5.97 Å². The summed E-state index contributed by atoms with van der Waals surface area (Å²) in [5.41, 5.74) is 6.42. The van der Waals surface area contributed by atoms with Gasteiger partial charge in [0.05, 0.1) is 5.56 Å². The second-order valence-corrected chi connectivity index (χ2v) is 4.71. The average Bonchev–Trinajstić information content (AvgIpc) is 2.33. The van der Waals surface area contributed by atoms with E-state index in [1.807, 2.05) is 0 Å². The molecular formula is C13H12BrNO3S. The van der Waals surface area contributed by atoms with Crippen LogP contribution in [0.4, 0.5) is 5.69 Å². The van der Waals surface area contributed by atoms with Gasteiger partial charge < -0.3 is 15.9 Å². The fraction of sp³-hybridized carbons (Fsp3) is 0. The van der Waals surface area contributed by atoms with E-state index in [0.717, 1.165) is 0 Å². The fourth-order valence-corrected chi connectivity index (χ4v) is 2.44. The van der Waals surface area contributed by atoms with Gasteiger partial charge in [-0.15, -0.1) is 17.0 Å². The summed E-state index contributed by atoms with van der Waals surface area (Å²) in [7, 11) is 0. The molecule has 0 amide bonds. The quantitative estimate of drug-likeness (QED) is 0.745. The Kier molecular flexibility index (Phi) is 5.26. The Morgan fingerprint density at radius 2 is 1.79 bits per heavy atom. The second kappa shape index (κ2) is 6.49. The number of carboxylic acid groups (broad SMARTS) is 1. The Hall–Kier alpha value is -1.66. The van der Waals surface area contributed by atoms with Crippen LogP contribution in [0.15, 0.2) is 52.3 Å². The van der Waals surface area contributed by atoms with Crippen molar-refractivity contribution >= 4 is 40.4 Å². The number of hydrogen-bond donors (Lipinski definition) is 3. The predicted octanol–water partition coefficient (Wildman–Crippen LogP) is 3.40. The third-order valence-corrected chi connectivity index (χ3v) is 3.50. The zero-order valence-corrected chi connectivity index (χ0v) is 12.3.